The fraction of sp³-hybridized carbons (Fsp3) is 0.400. The zero-order valence-corrected chi connectivity index (χ0v) is 21.2. The van der Waals surface area contributed by atoms with Gasteiger partial charge in [-0.15, -0.1) is 0 Å². The summed E-state index contributed by atoms with van der Waals surface area (Å²) < 4.78 is 42.8. The molecule has 198 valence electrons. The van der Waals surface area contributed by atoms with Crippen LogP contribution in [0.15, 0.2) is 64.4 Å². The van der Waals surface area contributed by atoms with Gasteiger partial charge in [0.25, 0.3) is 0 Å². The minimum absolute atomic E-state index is 0.0260. The molecule has 3 aliphatic rings. The molecule has 0 saturated carbocycles. The minimum Gasteiger partial charge on any atom is -0.484 e. The van der Waals surface area contributed by atoms with E-state index in [-0.39, 0.29) is 42.4 Å². The number of fused-ring (bicyclic) bond motifs is 1. The van der Waals surface area contributed by atoms with E-state index in [1.54, 1.807) is 29.3 Å². The monoisotopic (exact) mass is 531 g/mol. The van der Waals surface area contributed by atoms with Gasteiger partial charge >= 0.3 is 5.97 Å². The third-order valence-corrected chi connectivity index (χ3v) is 8.31. The van der Waals surface area contributed by atoms with Gasteiger partial charge in [0.1, 0.15) is 12.6 Å². The third kappa shape index (κ3) is 5.92. The largest absolute Gasteiger partial charge is 0.484 e. The Morgan fingerprint density at radius 1 is 1.14 bits per heavy atom. The second kappa shape index (κ2) is 11.3. The van der Waals surface area contributed by atoms with Gasteiger partial charge in [0.05, 0.1) is 25.2 Å². The number of sulfonamides is 1. The zero-order chi connectivity index (χ0) is 26.6. The van der Waals surface area contributed by atoms with Gasteiger partial charge in [0.2, 0.25) is 21.7 Å². The van der Waals surface area contributed by atoms with Crippen molar-refractivity contribution >= 4 is 27.7 Å². The number of rotatable bonds is 10. The van der Waals surface area contributed by atoms with Gasteiger partial charge in [-0.05, 0) is 41.8 Å². The number of nitrogens with zero attached hydrogens (tertiary/aromatic N) is 2. The number of nitrogens with two attached hydrogens (primary N) is 1. The summed E-state index contributed by atoms with van der Waals surface area (Å²) in [4.78, 5) is 38.1. The molecule has 11 nitrogen and oxygen atoms in total. The van der Waals surface area contributed by atoms with E-state index >= 15 is 0 Å². The molecule has 1 aliphatic carbocycles. The van der Waals surface area contributed by atoms with Crippen molar-refractivity contribution in [2.45, 2.75) is 30.4 Å². The number of benzene rings is 1. The molecule has 1 unspecified atom stereocenters. The normalized spacial score (nSPS) is 18.9. The summed E-state index contributed by atoms with van der Waals surface area (Å²) in [6.45, 7) is 1.62. The van der Waals surface area contributed by atoms with E-state index in [1.165, 1.54) is 29.6 Å². The van der Waals surface area contributed by atoms with E-state index in [1.807, 2.05) is 0 Å². The highest BCUT2D eigenvalue weighted by atomic mass is 32.2. The number of methoxy groups -OCH3 is 1. The lowest BCUT2D eigenvalue weighted by Crippen LogP contribution is -2.41. The third-order valence-electron chi connectivity index (χ3n) is 6.40. The van der Waals surface area contributed by atoms with Crippen molar-refractivity contribution in [2.24, 2.45) is 5.73 Å². The fourth-order valence-corrected chi connectivity index (χ4v) is 5.76. The minimum atomic E-state index is -3.61. The number of allylic oxidation sites excluding steroid dienone is 2. The molecule has 1 atom stereocenters. The van der Waals surface area contributed by atoms with E-state index < -0.39 is 27.9 Å². The predicted molar refractivity (Wildman–Crippen MR) is 131 cm³/mol. The van der Waals surface area contributed by atoms with Crippen LogP contribution in [0.25, 0.3) is 0 Å². The number of morpholine rings is 1. The summed E-state index contributed by atoms with van der Waals surface area (Å²) >= 11 is 0. The van der Waals surface area contributed by atoms with Crippen LogP contribution in [0.5, 0.6) is 0 Å². The number of hydrogen-bond acceptors (Lipinski definition) is 9. The number of esters is 1. The highest BCUT2D eigenvalue weighted by Crippen LogP contribution is 2.32. The van der Waals surface area contributed by atoms with E-state index in [9.17, 15) is 22.8 Å². The molecule has 1 fully saturated rings. The van der Waals surface area contributed by atoms with Crippen molar-refractivity contribution < 1.29 is 37.0 Å². The van der Waals surface area contributed by atoms with Gasteiger partial charge in [-0.2, -0.15) is 4.31 Å². The van der Waals surface area contributed by atoms with Gasteiger partial charge in [0.15, 0.2) is 5.76 Å². The van der Waals surface area contributed by atoms with E-state index in [4.69, 9.17) is 15.2 Å². The number of ether oxygens (including phenoxy) is 3. The van der Waals surface area contributed by atoms with Gasteiger partial charge in [-0.25, -0.2) is 8.42 Å². The number of amides is 1. The van der Waals surface area contributed by atoms with Crippen molar-refractivity contribution in [3.63, 3.8) is 0 Å². The van der Waals surface area contributed by atoms with Crippen LogP contribution in [-0.4, -0.2) is 81.3 Å². The van der Waals surface area contributed by atoms with Crippen molar-refractivity contribution in [2.75, 3.05) is 40.0 Å². The van der Waals surface area contributed by atoms with Crippen LogP contribution < -0.4 is 5.73 Å². The van der Waals surface area contributed by atoms with E-state index in [0.717, 1.165) is 0 Å². The molecule has 1 saturated heterocycles. The molecule has 37 heavy (non-hydrogen) atoms. The Morgan fingerprint density at radius 2 is 1.84 bits per heavy atom. The SMILES string of the molecule is COC(=O)CCC(C(N)=O)N1C=C2C=CC(=O)C(OCc3ccc(S(=O)(=O)N4CCOCC4)cc3)=C2C1. The summed E-state index contributed by atoms with van der Waals surface area (Å²) in [6, 6.07) is 5.58. The number of primary amides is 1. The van der Waals surface area contributed by atoms with Gasteiger partial charge in [-0.3, -0.25) is 14.4 Å². The van der Waals surface area contributed by atoms with Crippen molar-refractivity contribution in [3.8, 4) is 0 Å². The van der Waals surface area contributed by atoms with Crippen LogP contribution in [0.1, 0.15) is 18.4 Å². The summed E-state index contributed by atoms with van der Waals surface area (Å²) in [7, 11) is -2.33. The van der Waals surface area contributed by atoms with Crippen LogP contribution in [0, 0.1) is 0 Å². The van der Waals surface area contributed by atoms with Gasteiger partial charge in [0, 0.05) is 37.8 Å². The van der Waals surface area contributed by atoms with Crippen molar-refractivity contribution in [3.05, 3.63) is 65.1 Å². The van der Waals surface area contributed by atoms with Crippen LogP contribution in [0.2, 0.25) is 0 Å². The summed E-state index contributed by atoms with van der Waals surface area (Å²) in [6.07, 6.45) is 4.96. The smallest absolute Gasteiger partial charge is 0.305 e. The lowest BCUT2D eigenvalue weighted by atomic mass is 10.00. The van der Waals surface area contributed by atoms with E-state index in [0.29, 0.717) is 43.0 Å². The molecule has 12 heteroatoms. The Balaban J connectivity index is 1.45. The molecule has 1 aromatic rings. The number of ketones is 1. The van der Waals surface area contributed by atoms with Gasteiger partial charge < -0.3 is 24.8 Å². The lowest BCUT2D eigenvalue weighted by molar-refractivity contribution is -0.141. The summed E-state index contributed by atoms with van der Waals surface area (Å²) in [5.41, 5.74) is 7.59. The second-order valence-electron chi connectivity index (χ2n) is 8.74. The molecule has 4 rings (SSSR count). The van der Waals surface area contributed by atoms with E-state index in [2.05, 4.69) is 4.74 Å². The standard InChI is InChI=1S/C25H29N3O8S/c1-34-23(30)9-7-21(25(26)31)27-14-18-4-8-22(29)24(20(18)15-27)36-16-17-2-5-19(6-3-17)37(32,33)28-10-12-35-13-11-28/h2-6,8,14,21H,7,9-13,15-16H2,1H3,(H2,26,31). The molecule has 1 amide bonds. The van der Waals surface area contributed by atoms with Crippen molar-refractivity contribution in [1.29, 1.82) is 0 Å². The predicted octanol–water partition coefficient (Wildman–Crippen LogP) is 0.624. The maximum absolute atomic E-state index is 12.8. The van der Waals surface area contributed by atoms with Gasteiger partial charge in [-0.1, -0.05) is 12.1 Å². The first-order valence-corrected chi connectivity index (χ1v) is 13.2. The fourth-order valence-electron chi connectivity index (χ4n) is 4.35. The lowest BCUT2D eigenvalue weighted by Gasteiger charge is -2.26. The molecular weight excluding hydrogens is 502 g/mol. The maximum Gasteiger partial charge on any atom is 0.305 e. The average molecular weight is 532 g/mol. The molecule has 2 aliphatic heterocycles. The molecule has 0 bridgehead atoms. The first-order chi connectivity index (χ1) is 17.7. The maximum atomic E-state index is 12.8. The average Bonchev–Trinajstić information content (AvgIpc) is 3.32. The van der Waals surface area contributed by atoms with Crippen LogP contribution in [0.3, 0.4) is 0 Å². The summed E-state index contributed by atoms with van der Waals surface area (Å²) in [5, 5.41) is 0. The number of carbonyl (C=O) groups excluding carboxylic acids is 3. The van der Waals surface area contributed by atoms with Crippen LogP contribution >= 0.6 is 0 Å². The number of carbonyl (C=O) groups is 3. The van der Waals surface area contributed by atoms with Crippen LogP contribution in [0.4, 0.5) is 0 Å². The second-order valence-corrected chi connectivity index (χ2v) is 10.7. The molecular formula is C25H29N3O8S. The first-order valence-electron chi connectivity index (χ1n) is 11.8. The first kappa shape index (κ1) is 26.6. The quantitative estimate of drug-likeness (QED) is 0.430. The number of hydrogen-bond donors (Lipinski definition) is 1. The summed E-state index contributed by atoms with van der Waals surface area (Å²) in [5.74, 6) is -1.20. The Labute approximate surface area is 215 Å². The highest BCUT2D eigenvalue weighted by molar-refractivity contribution is 7.89. The zero-order valence-electron chi connectivity index (χ0n) is 20.4. The Bertz CT molecular complexity index is 1260. The molecule has 0 aromatic heterocycles. The Morgan fingerprint density at radius 3 is 2.49 bits per heavy atom. The topological polar surface area (TPSA) is 146 Å². The van der Waals surface area contributed by atoms with Crippen LogP contribution in [-0.2, 0) is 45.2 Å². The molecule has 2 heterocycles. The Hall–Kier alpha value is -3.48. The highest BCUT2D eigenvalue weighted by Gasteiger charge is 2.33. The molecule has 0 radical (unpaired) electrons. The molecule has 2 N–H and O–H groups in total. The molecule has 0 spiro atoms. The Kier molecular flexibility index (Phi) is 8.10. The van der Waals surface area contributed by atoms with Crippen molar-refractivity contribution in [1.82, 2.24) is 9.21 Å². The molecule has 1 aromatic carbocycles.